The van der Waals surface area contributed by atoms with E-state index in [2.05, 4.69) is 6.92 Å². The molecule has 4 unspecified atom stereocenters. The number of aldehydes is 1. The minimum absolute atomic E-state index is 0.387. The Labute approximate surface area is 113 Å². The van der Waals surface area contributed by atoms with Crippen LogP contribution in [0.1, 0.15) is 77.6 Å². The van der Waals surface area contributed by atoms with Gasteiger partial charge in [0.15, 0.2) is 0 Å². The van der Waals surface area contributed by atoms with Crippen molar-refractivity contribution in [2.45, 2.75) is 77.6 Å². The summed E-state index contributed by atoms with van der Waals surface area (Å²) in [4.78, 5) is 10.9. The van der Waals surface area contributed by atoms with E-state index in [0.29, 0.717) is 5.92 Å². The van der Waals surface area contributed by atoms with Crippen molar-refractivity contribution in [1.29, 1.82) is 0 Å². The highest BCUT2D eigenvalue weighted by atomic mass is 16.1. The van der Waals surface area contributed by atoms with Gasteiger partial charge in [0.1, 0.15) is 6.29 Å². The maximum absolute atomic E-state index is 10.9. The van der Waals surface area contributed by atoms with Crippen molar-refractivity contribution in [3.8, 4) is 0 Å². The summed E-state index contributed by atoms with van der Waals surface area (Å²) in [5.41, 5.74) is 0. The van der Waals surface area contributed by atoms with Crippen LogP contribution >= 0.6 is 0 Å². The summed E-state index contributed by atoms with van der Waals surface area (Å²) < 4.78 is 0. The van der Waals surface area contributed by atoms with Crippen molar-refractivity contribution in [3.63, 3.8) is 0 Å². The van der Waals surface area contributed by atoms with Crippen LogP contribution in [-0.4, -0.2) is 6.29 Å². The van der Waals surface area contributed by atoms with Crippen molar-refractivity contribution in [1.82, 2.24) is 0 Å². The maximum Gasteiger partial charge on any atom is 0.123 e. The number of carbonyl (C=O) groups excluding carboxylic acids is 1. The highest BCUT2D eigenvalue weighted by Crippen LogP contribution is 2.35. The topological polar surface area (TPSA) is 17.1 Å². The molecule has 0 radical (unpaired) electrons. The van der Waals surface area contributed by atoms with Gasteiger partial charge in [0.05, 0.1) is 0 Å². The molecule has 104 valence electrons. The lowest BCUT2D eigenvalue weighted by Gasteiger charge is -2.29. The van der Waals surface area contributed by atoms with E-state index in [4.69, 9.17) is 0 Å². The first kappa shape index (κ1) is 14.1. The van der Waals surface area contributed by atoms with Crippen LogP contribution in [0.15, 0.2) is 0 Å². The van der Waals surface area contributed by atoms with Gasteiger partial charge in [0.25, 0.3) is 0 Å². The van der Waals surface area contributed by atoms with Crippen molar-refractivity contribution in [3.05, 3.63) is 0 Å². The van der Waals surface area contributed by atoms with Crippen LogP contribution in [-0.2, 0) is 4.79 Å². The standard InChI is InChI=1S/C17H30O/c1-14-5-2-6-15(11-14)7-3-8-16-9-4-10-17(12-16)13-18/h13-17H,2-12H2,1H3. The minimum atomic E-state index is 0.387. The van der Waals surface area contributed by atoms with E-state index in [1.165, 1.54) is 70.5 Å². The Morgan fingerprint density at radius 3 is 2.28 bits per heavy atom. The Bertz CT molecular complexity index is 248. The Balaban J connectivity index is 1.61. The molecule has 2 aliphatic carbocycles. The maximum atomic E-state index is 10.9. The summed E-state index contributed by atoms with van der Waals surface area (Å²) in [6.07, 6.45) is 16.3. The molecular formula is C17H30O. The molecule has 4 atom stereocenters. The fourth-order valence-corrected chi connectivity index (χ4v) is 4.24. The Morgan fingerprint density at radius 1 is 0.944 bits per heavy atom. The molecule has 0 heterocycles. The summed E-state index contributed by atoms with van der Waals surface area (Å²) in [6, 6.07) is 0. The second-order valence-corrected chi connectivity index (χ2v) is 7.00. The van der Waals surface area contributed by atoms with E-state index < -0.39 is 0 Å². The first-order valence-electron chi connectivity index (χ1n) is 8.23. The van der Waals surface area contributed by atoms with Gasteiger partial charge in [0, 0.05) is 5.92 Å². The number of rotatable bonds is 5. The lowest BCUT2D eigenvalue weighted by molar-refractivity contribution is -0.112. The van der Waals surface area contributed by atoms with E-state index in [1.54, 1.807) is 0 Å². The molecule has 0 aromatic rings. The molecule has 2 saturated carbocycles. The van der Waals surface area contributed by atoms with Crippen LogP contribution in [0, 0.1) is 23.7 Å². The third-order valence-electron chi connectivity index (χ3n) is 5.29. The minimum Gasteiger partial charge on any atom is -0.303 e. The molecule has 0 aliphatic heterocycles. The smallest absolute Gasteiger partial charge is 0.123 e. The summed E-state index contributed by atoms with van der Waals surface area (Å²) in [5.74, 6) is 3.23. The second kappa shape index (κ2) is 7.31. The molecule has 2 aliphatic rings. The Kier molecular flexibility index (Phi) is 5.72. The van der Waals surface area contributed by atoms with E-state index in [1.807, 2.05) is 0 Å². The average Bonchev–Trinajstić information content (AvgIpc) is 2.39. The van der Waals surface area contributed by atoms with E-state index in [0.717, 1.165) is 24.2 Å². The van der Waals surface area contributed by atoms with Gasteiger partial charge in [-0.1, -0.05) is 58.3 Å². The molecule has 2 fully saturated rings. The molecule has 0 bridgehead atoms. The number of hydrogen-bond donors (Lipinski definition) is 0. The molecule has 1 nitrogen and oxygen atoms in total. The molecule has 1 heteroatoms. The fourth-order valence-electron chi connectivity index (χ4n) is 4.24. The predicted molar refractivity (Wildman–Crippen MR) is 76.5 cm³/mol. The normalized spacial score (nSPS) is 37.4. The van der Waals surface area contributed by atoms with Gasteiger partial charge in [-0.2, -0.15) is 0 Å². The van der Waals surface area contributed by atoms with Crippen molar-refractivity contribution < 1.29 is 4.79 Å². The zero-order chi connectivity index (χ0) is 12.8. The Morgan fingerprint density at radius 2 is 1.61 bits per heavy atom. The monoisotopic (exact) mass is 250 g/mol. The highest BCUT2D eigenvalue weighted by Gasteiger charge is 2.22. The van der Waals surface area contributed by atoms with Crippen LogP contribution in [0.4, 0.5) is 0 Å². The van der Waals surface area contributed by atoms with Crippen molar-refractivity contribution in [2.75, 3.05) is 0 Å². The molecule has 18 heavy (non-hydrogen) atoms. The molecule has 0 aromatic carbocycles. The van der Waals surface area contributed by atoms with E-state index in [9.17, 15) is 4.79 Å². The van der Waals surface area contributed by atoms with Crippen LogP contribution in [0.5, 0.6) is 0 Å². The Hall–Kier alpha value is -0.330. The van der Waals surface area contributed by atoms with Crippen LogP contribution in [0.25, 0.3) is 0 Å². The largest absolute Gasteiger partial charge is 0.303 e. The van der Waals surface area contributed by atoms with Gasteiger partial charge in [0.2, 0.25) is 0 Å². The molecule has 0 N–H and O–H groups in total. The summed E-state index contributed by atoms with van der Waals surface area (Å²) in [5, 5.41) is 0. The molecule has 0 saturated heterocycles. The SMILES string of the molecule is CC1CCCC(CCCC2CCCC(C=O)C2)C1. The van der Waals surface area contributed by atoms with Crippen LogP contribution < -0.4 is 0 Å². The third-order valence-corrected chi connectivity index (χ3v) is 5.29. The summed E-state index contributed by atoms with van der Waals surface area (Å²) in [7, 11) is 0. The van der Waals surface area contributed by atoms with E-state index >= 15 is 0 Å². The first-order chi connectivity index (χ1) is 8.78. The van der Waals surface area contributed by atoms with Gasteiger partial charge in [-0.05, 0) is 37.0 Å². The zero-order valence-electron chi connectivity index (χ0n) is 12.1. The fraction of sp³-hybridized carbons (Fsp3) is 0.941. The lowest BCUT2D eigenvalue weighted by Crippen LogP contribution is -2.17. The van der Waals surface area contributed by atoms with Gasteiger partial charge in [-0.3, -0.25) is 0 Å². The van der Waals surface area contributed by atoms with E-state index in [-0.39, 0.29) is 0 Å². The summed E-state index contributed by atoms with van der Waals surface area (Å²) in [6.45, 7) is 2.42. The predicted octanol–water partition coefficient (Wildman–Crippen LogP) is 4.99. The molecule has 0 spiro atoms. The molecule has 2 rings (SSSR count). The highest BCUT2D eigenvalue weighted by molar-refractivity contribution is 5.53. The van der Waals surface area contributed by atoms with Gasteiger partial charge >= 0.3 is 0 Å². The average molecular weight is 250 g/mol. The van der Waals surface area contributed by atoms with Gasteiger partial charge in [-0.15, -0.1) is 0 Å². The quantitative estimate of drug-likeness (QED) is 0.628. The number of carbonyl (C=O) groups is 1. The third kappa shape index (κ3) is 4.40. The first-order valence-corrected chi connectivity index (χ1v) is 8.23. The van der Waals surface area contributed by atoms with Crippen LogP contribution in [0.3, 0.4) is 0 Å². The zero-order valence-corrected chi connectivity index (χ0v) is 12.1. The van der Waals surface area contributed by atoms with Crippen molar-refractivity contribution in [2.24, 2.45) is 23.7 Å². The lowest BCUT2D eigenvalue weighted by atomic mass is 9.77. The van der Waals surface area contributed by atoms with Gasteiger partial charge < -0.3 is 4.79 Å². The molecule has 0 aromatic heterocycles. The van der Waals surface area contributed by atoms with Crippen LogP contribution in [0.2, 0.25) is 0 Å². The van der Waals surface area contributed by atoms with Gasteiger partial charge in [-0.25, -0.2) is 0 Å². The second-order valence-electron chi connectivity index (χ2n) is 7.00. The number of hydrogen-bond acceptors (Lipinski definition) is 1. The summed E-state index contributed by atoms with van der Waals surface area (Å²) >= 11 is 0. The molecule has 0 amide bonds. The van der Waals surface area contributed by atoms with Crippen molar-refractivity contribution >= 4 is 6.29 Å². The molecular weight excluding hydrogens is 220 g/mol.